The summed E-state index contributed by atoms with van der Waals surface area (Å²) in [6.45, 7) is 3.67. The van der Waals surface area contributed by atoms with Gasteiger partial charge in [0, 0.05) is 18.5 Å². The Balaban J connectivity index is 1.73. The van der Waals surface area contributed by atoms with Crippen LogP contribution in [0.1, 0.15) is 24.3 Å². The second-order valence-corrected chi connectivity index (χ2v) is 6.73. The maximum Gasteiger partial charge on any atom is 0.148 e. The summed E-state index contributed by atoms with van der Waals surface area (Å²) in [6.07, 6.45) is 3.83. The number of hydrogen-bond acceptors (Lipinski definition) is 7. The third-order valence-corrected chi connectivity index (χ3v) is 4.95. The van der Waals surface area contributed by atoms with Crippen molar-refractivity contribution in [3.63, 3.8) is 0 Å². The van der Waals surface area contributed by atoms with Gasteiger partial charge in [-0.1, -0.05) is 0 Å². The van der Waals surface area contributed by atoms with E-state index in [1.807, 2.05) is 12.3 Å². The highest BCUT2D eigenvalue weighted by atomic mass is 32.1. The van der Waals surface area contributed by atoms with Crippen LogP contribution in [-0.4, -0.2) is 28.6 Å². The maximum atomic E-state index is 5.98. The largest absolute Gasteiger partial charge is 0.382 e. The van der Waals surface area contributed by atoms with E-state index in [4.69, 9.17) is 10.5 Å². The van der Waals surface area contributed by atoms with Gasteiger partial charge in [-0.15, -0.1) is 11.3 Å². The van der Waals surface area contributed by atoms with Crippen LogP contribution in [0.5, 0.6) is 0 Å². The van der Waals surface area contributed by atoms with Gasteiger partial charge in [-0.05, 0) is 37.7 Å². The lowest BCUT2D eigenvalue weighted by Crippen LogP contribution is -2.26. The summed E-state index contributed by atoms with van der Waals surface area (Å²) >= 11 is 3.02. The number of nitrogens with one attached hydrogen (secondary N) is 1. The summed E-state index contributed by atoms with van der Waals surface area (Å²) < 4.78 is 9.98. The summed E-state index contributed by atoms with van der Waals surface area (Å²) in [7, 11) is 0. The highest BCUT2D eigenvalue weighted by Crippen LogP contribution is 2.37. The summed E-state index contributed by atoms with van der Waals surface area (Å²) in [5, 5.41) is 7.48. The number of aryl methyl sites for hydroxylation is 1. The van der Waals surface area contributed by atoms with Crippen LogP contribution < -0.4 is 11.1 Å². The molecule has 0 aromatic carbocycles. The molecule has 0 spiro atoms. The SMILES string of the molecule is Cc1nc(-c2c(N)nsc2NCC2CCCCO2)cs1. The molecular weight excluding hydrogens is 292 g/mol. The van der Waals surface area contributed by atoms with Crippen molar-refractivity contribution in [3.05, 3.63) is 10.4 Å². The molecule has 0 radical (unpaired) electrons. The number of nitrogens with two attached hydrogens (primary N) is 1. The first kappa shape index (κ1) is 13.8. The van der Waals surface area contributed by atoms with E-state index in [1.165, 1.54) is 24.4 Å². The summed E-state index contributed by atoms with van der Waals surface area (Å²) in [4.78, 5) is 4.50. The zero-order valence-corrected chi connectivity index (χ0v) is 13.0. The predicted molar refractivity (Wildman–Crippen MR) is 84.5 cm³/mol. The molecule has 1 fully saturated rings. The fourth-order valence-electron chi connectivity index (χ4n) is 2.32. The van der Waals surface area contributed by atoms with Gasteiger partial charge >= 0.3 is 0 Å². The fourth-order valence-corrected chi connectivity index (χ4v) is 3.66. The van der Waals surface area contributed by atoms with Crippen molar-refractivity contribution in [3.8, 4) is 11.3 Å². The van der Waals surface area contributed by atoms with Gasteiger partial charge in [-0.3, -0.25) is 0 Å². The van der Waals surface area contributed by atoms with E-state index in [0.717, 1.165) is 40.8 Å². The highest BCUT2D eigenvalue weighted by molar-refractivity contribution is 7.11. The van der Waals surface area contributed by atoms with Gasteiger partial charge < -0.3 is 15.8 Å². The van der Waals surface area contributed by atoms with Gasteiger partial charge in [0.15, 0.2) is 0 Å². The van der Waals surface area contributed by atoms with E-state index in [-0.39, 0.29) is 6.10 Å². The quantitative estimate of drug-likeness (QED) is 0.907. The first-order valence-corrected chi connectivity index (χ1v) is 8.42. The van der Waals surface area contributed by atoms with Crippen LogP contribution in [0.2, 0.25) is 0 Å². The number of rotatable bonds is 4. The first-order valence-electron chi connectivity index (χ1n) is 6.77. The molecular formula is C13H18N4OS2. The van der Waals surface area contributed by atoms with Gasteiger partial charge in [0.25, 0.3) is 0 Å². The zero-order chi connectivity index (χ0) is 13.9. The van der Waals surface area contributed by atoms with Crippen LogP contribution >= 0.6 is 22.9 Å². The minimum Gasteiger partial charge on any atom is -0.382 e. The van der Waals surface area contributed by atoms with Gasteiger partial charge in [0.1, 0.15) is 10.8 Å². The minimum absolute atomic E-state index is 0.289. The molecule has 0 saturated carbocycles. The number of nitrogen functional groups attached to an aromatic ring is 1. The second kappa shape index (κ2) is 6.07. The van der Waals surface area contributed by atoms with Crippen molar-refractivity contribution in [1.29, 1.82) is 0 Å². The molecule has 1 aliphatic heterocycles. The molecule has 108 valence electrons. The third kappa shape index (κ3) is 2.94. The van der Waals surface area contributed by atoms with Gasteiger partial charge in [-0.2, -0.15) is 4.37 Å². The first-order chi connectivity index (χ1) is 9.74. The topological polar surface area (TPSA) is 73.1 Å². The van der Waals surface area contributed by atoms with Crippen LogP contribution in [0.15, 0.2) is 5.38 Å². The van der Waals surface area contributed by atoms with Crippen molar-refractivity contribution in [2.24, 2.45) is 0 Å². The molecule has 3 heterocycles. The Morgan fingerprint density at radius 2 is 2.40 bits per heavy atom. The second-order valence-electron chi connectivity index (χ2n) is 4.89. The van der Waals surface area contributed by atoms with Crippen molar-refractivity contribution >= 4 is 33.7 Å². The van der Waals surface area contributed by atoms with Crippen LogP contribution in [0.4, 0.5) is 10.8 Å². The average Bonchev–Trinajstić information content (AvgIpc) is 3.03. The van der Waals surface area contributed by atoms with Crippen molar-refractivity contribution in [2.75, 3.05) is 24.2 Å². The fraction of sp³-hybridized carbons (Fsp3) is 0.538. The molecule has 0 bridgehead atoms. The molecule has 2 aromatic rings. The molecule has 1 atom stereocenters. The molecule has 7 heteroatoms. The monoisotopic (exact) mass is 310 g/mol. The van der Waals surface area contributed by atoms with Crippen LogP contribution in [-0.2, 0) is 4.74 Å². The van der Waals surface area contributed by atoms with E-state index in [2.05, 4.69) is 14.7 Å². The lowest BCUT2D eigenvalue weighted by Gasteiger charge is -2.22. The molecule has 3 N–H and O–H groups in total. The number of hydrogen-bond donors (Lipinski definition) is 2. The molecule has 1 aliphatic rings. The minimum atomic E-state index is 0.289. The number of ether oxygens (including phenoxy) is 1. The molecule has 20 heavy (non-hydrogen) atoms. The van der Waals surface area contributed by atoms with Gasteiger partial charge in [0.2, 0.25) is 0 Å². The summed E-state index contributed by atoms with van der Waals surface area (Å²) in [5.41, 5.74) is 7.82. The smallest absolute Gasteiger partial charge is 0.148 e. The Morgan fingerprint density at radius 3 is 3.10 bits per heavy atom. The Kier molecular flexibility index (Phi) is 4.18. The Hall–Kier alpha value is -1.18. The lowest BCUT2D eigenvalue weighted by atomic mass is 10.1. The summed E-state index contributed by atoms with van der Waals surface area (Å²) in [5.74, 6) is 0.548. The number of thiazole rings is 1. The van der Waals surface area contributed by atoms with Crippen LogP contribution in [0, 0.1) is 6.92 Å². The lowest BCUT2D eigenvalue weighted by molar-refractivity contribution is 0.0248. The normalized spacial score (nSPS) is 19.1. The van der Waals surface area contributed by atoms with E-state index in [1.54, 1.807) is 11.3 Å². The third-order valence-electron chi connectivity index (χ3n) is 3.36. The van der Waals surface area contributed by atoms with Crippen LogP contribution in [0.25, 0.3) is 11.3 Å². The Morgan fingerprint density at radius 1 is 1.50 bits per heavy atom. The molecule has 1 saturated heterocycles. The van der Waals surface area contributed by atoms with Crippen LogP contribution in [0.3, 0.4) is 0 Å². The van der Waals surface area contributed by atoms with Crippen molar-refractivity contribution < 1.29 is 4.74 Å². The maximum absolute atomic E-state index is 5.98. The number of aromatic nitrogens is 2. The summed E-state index contributed by atoms with van der Waals surface area (Å²) in [6, 6.07) is 0. The molecule has 1 unspecified atom stereocenters. The zero-order valence-electron chi connectivity index (χ0n) is 11.4. The molecule has 5 nitrogen and oxygen atoms in total. The molecule has 2 aromatic heterocycles. The average molecular weight is 310 g/mol. The van der Waals surface area contributed by atoms with Gasteiger partial charge in [-0.25, -0.2) is 4.98 Å². The van der Waals surface area contributed by atoms with Crippen molar-refractivity contribution in [1.82, 2.24) is 9.36 Å². The van der Waals surface area contributed by atoms with E-state index < -0.39 is 0 Å². The van der Waals surface area contributed by atoms with Gasteiger partial charge in [0.05, 0.1) is 22.4 Å². The predicted octanol–water partition coefficient (Wildman–Crippen LogP) is 3.14. The standard InChI is InChI=1S/C13H18N4OS2/c1-8-16-10(7-19-8)11-12(14)17-20-13(11)15-6-9-4-2-3-5-18-9/h7,9,15H,2-6H2,1H3,(H2,14,17). The van der Waals surface area contributed by atoms with E-state index in [0.29, 0.717) is 5.82 Å². The Bertz CT molecular complexity index is 575. The molecule has 0 aliphatic carbocycles. The highest BCUT2D eigenvalue weighted by Gasteiger charge is 2.18. The van der Waals surface area contributed by atoms with E-state index in [9.17, 15) is 0 Å². The number of nitrogens with zero attached hydrogens (tertiary/aromatic N) is 2. The van der Waals surface area contributed by atoms with E-state index >= 15 is 0 Å². The molecule has 0 amide bonds. The Labute approximate surface area is 126 Å². The molecule has 3 rings (SSSR count). The number of anilines is 2. The van der Waals surface area contributed by atoms with Crippen molar-refractivity contribution in [2.45, 2.75) is 32.3 Å².